The molecule has 1 aliphatic rings. The van der Waals surface area contributed by atoms with Crippen molar-refractivity contribution in [1.82, 2.24) is 0 Å². The molecule has 0 spiro atoms. The molecule has 1 heteroatoms. The lowest BCUT2D eigenvalue weighted by Gasteiger charge is -2.24. The monoisotopic (exact) mass is 174 g/mol. The Morgan fingerprint density at radius 1 is 1.46 bits per heavy atom. The molecule has 1 aliphatic heterocycles. The second-order valence-corrected chi connectivity index (χ2v) is 3.33. The van der Waals surface area contributed by atoms with E-state index in [1.807, 2.05) is 6.08 Å². The molecule has 0 unspecified atom stereocenters. The molecule has 1 heterocycles. The lowest BCUT2D eigenvalue weighted by molar-refractivity contribution is 0.0446. The fourth-order valence-corrected chi connectivity index (χ4v) is 1.82. The van der Waals surface area contributed by atoms with E-state index in [0.717, 1.165) is 19.4 Å². The Balaban J connectivity index is 2.31. The van der Waals surface area contributed by atoms with Crippen molar-refractivity contribution >= 4 is 0 Å². The maximum Gasteiger partial charge on any atom is 0.0862 e. The predicted molar refractivity (Wildman–Crippen MR) is 53.7 cm³/mol. The van der Waals surface area contributed by atoms with Gasteiger partial charge in [0, 0.05) is 0 Å². The molecule has 0 radical (unpaired) electrons. The van der Waals surface area contributed by atoms with Gasteiger partial charge in [-0.2, -0.15) is 0 Å². The Labute approximate surface area is 79.0 Å². The summed E-state index contributed by atoms with van der Waals surface area (Å²) in [5, 5.41) is 0. The van der Waals surface area contributed by atoms with Gasteiger partial charge in [0.1, 0.15) is 0 Å². The molecule has 0 aliphatic carbocycles. The topological polar surface area (TPSA) is 9.23 Å². The van der Waals surface area contributed by atoms with Crippen LogP contribution < -0.4 is 0 Å². The summed E-state index contributed by atoms with van der Waals surface area (Å²) in [6.07, 6.45) is 4.12. The second-order valence-electron chi connectivity index (χ2n) is 3.33. The van der Waals surface area contributed by atoms with E-state index in [4.69, 9.17) is 4.74 Å². The summed E-state index contributed by atoms with van der Waals surface area (Å²) in [6.45, 7) is 4.59. The van der Waals surface area contributed by atoms with Gasteiger partial charge in [-0.1, -0.05) is 30.3 Å². The van der Waals surface area contributed by atoms with Crippen LogP contribution in [0.3, 0.4) is 0 Å². The van der Waals surface area contributed by atoms with Crippen LogP contribution in [0.15, 0.2) is 36.9 Å². The third-order valence-electron chi connectivity index (χ3n) is 2.47. The van der Waals surface area contributed by atoms with E-state index in [0.29, 0.717) is 0 Å². The van der Waals surface area contributed by atoms with Crippen LogP contribution >= 0.6 is 0 Å². The molecule has 0 amide bonds. The predicted octanol–water partition coefficient (Wildman–Crippen LogP) is 2.88. The number of fused-ring (bicyclic) bond motifs is 1. The van der Waals surface area contributed by atoms with Crippen molar-refractivity contribution in [2.45, 2.75) is 18.9 Å². The van der Waals surface area contributed by atoms with Crippen LogP contribution in [0.1, 0.15) is 23.7 Å². The maximum atomic E-state index is 5.67. The molecule has 1 aromatic carbocycles. The zero-order valence-electron chi connectivity index (χ0n) is 7.70. The number of rotatable bonds is 2. The zero-order chi connectivity index (χ0) is 9.10. The first-order chi connectivity index (χ1) is 6.42. The average molecular weight is 174 g/mol. The molecule has 1 nitrogen and oxygen atoms in total. The second kappa shape index (κ2) is 3.75. The van der Waals surface area contributed by atoms with Gasteiger partial charge in [-0.25, -0.2) is 0 Å². The molecule has 0 saturated carbocycles. The summed E-state index contributed by atoms with van der Waals surface area (Å²) in [7, 11) is 0. The van der Waals surface area contributed by atoms with Crippen molar-refractivity contribution in [1.29, 1.82) is 0 Å². The van der Waals surface area contributed by atoms with Crippen LogP contribution in [0.5, 0.6) is 0 Å². The van der Waals surface area contributed by atoms with E-state index >= 15 is 0 Å². The molecular formula is C12H14O. The normalized spacial score (nSPS) is 20.8. The van der Waals surface area contributed by atoms with Crippen molar-refractivity contribution in [2.24, 2.45) is 0 Å². The molecule has 0 bridgehead atoms. The molecular weight excluding hydrogens is 160 g/mol. The Kier molecular flexibility index (Phi) is 2.46. The lowest BCUT2D eigenvalue weighted by atomic mass is 9.96. The standard InChI is InChI=1S/C12H14O/c1-2-5-12-11-7-4-3-6-10(11)8-9-13-12/h2-4,6-7,12H,1,5,8-9H2/t12-/m1/s1. The summed E-state index contributed by atoms with van der Waals surface area (Å²) in [5.74, 6) is 0. The van der Waals surface area contributed by atoms with Crippen molar-refractivity contribution in [3.05, 3.63) is 48.0 Å². The molecule has 1 atom stereocenters. The minimum atomic E-state index is 0.238. The highest BCUT2D eigenvalue weighted by Crippen LogP contribution is 2.29. The molecule has 0 aromatic heterocycles. The van der Waals surface area contributed by atoms with Gasteiger partial charge >= 0.3 is 0 Å². The van der Waals surface area contributed by atoms with Crippen molar-refractivity contribution in [3.8, 4) is 0 Å². The van der Waals surface area contributed by atoms with Crippen LogP contribution in [0.25, 0.3) is 0 Å². The minimum Gasteiger partial charge on any atom is -0.373 e. The smallest absolute Gasteiger partial charge is 0.0862 e. The van der Waals surface area contributed by atoms with E-state index in [2.05, 4.69) is 30.8 Å². The molecule has 1 aromatic rings. The van der Waals surface area contributed by atoms with Gasteiger partial charge in [0.05, 0.1) is 12.7 Å². The zero-order valence-corrected chi connectivity index (χ0v) is 7.70. The Morgan fingerprint density at radius 3 is 3.15 bits per heavy atom. The van der Waals surface area contributed by atoms with Gasteiger partial charge < -0.3 is 4.74 Å². The molecule has 13 heavy (non-hydrogen) atoms. The molecule has 2 rings (SSSR count). The number of hydrogen-bond acceptors (Lipinski definition) is 1. The van der Waals surface area contributed by atoms with E-state index < -0.39 is 0 Å². The summed E-state index contributed by atoms with van der Waals surface area (Å²) in [5.41, 5.74) is 2.77. The van der Waals surface area contributed by atoms with Gasteiger partial charge in [0.25, 0.3) is 0 Å². The van der Waals surface area contributed by atoms with Crippen molar-refractivity contribution < 1.29 is 4.74 Å². The highest BCUT2D eigenvalue weighted by Gasteiger charge is 2.18. The first kappa shape index (κ1) is 8.52. The Morgan fingerprint density at radius 2 is 2.31 bits per heavy atom. The van der Waals surface area contributed by atoms with Gasteiger partial charge in [0.2, 0.25) is 0 Å². The van der Waals surface area contributed by atoms with E-state index in [1.165, 1.54) is 11.1 Å². The van der Waals surface area contributed by atoms with Crippen LogP contribution in [0.4, 0.5) is 0 Å². The SMILES string of the molecule is C=CC[C@H]1OCCc2ccccc21. The summed E-state index contributed by atoms with van der Waals surface area (Å²) >= 11 is 0. The highest BCUT2D eigenvalue weighted by molar-refractivity contribution is 5.31. The third-order valence-corrected chi connectivity index (χ3v) is 2.47. The number of ether oxygens (including phenoxy) is 1. The maximum absolute atomic E-state index is 5.67. The minimum absolute atomic E-state index is 0.238. The first-order valence-electron chi connectivity index (χ1n) is 4.72. The van der Waals surface area contributed by atoms with Gasteiger partial charge in [0.15, 0.2) is 0 Å². The third kappa shape index (κ3) is 1.65. The molecule has 0 N–H and O–H groups in total. The average Bonchev–Trinajstić information content (AvgIpc) is 2.19. The van der Waals surface area contributed by atoms with Crippen LogP contribution in [0.2, 0.25) is 0 Å². The molecule has 0 fully saturated rings. The molecule has 68 valence electrons. The van der Waals surface area contributed by atoms with Crippen LogP contribution in [0, 0.1) is 0 Å². The Hall–Kier alpha value is -1.08. The summed E-state index contributed by atoms with van der Waals surface area (Å²) in [4.78, 5) is 0. The van der Waals surface area contributed by atoms with Gasteiger partial charge in [-0.15, -0.1) is 6.58 Å². The van der Waals surface area contributed by atoms with Gasteiger partial charge in [-0.3, -0.25) is 0 Å². The fourth-order valence-electron chi connectivity index (χ4n) is 1.82. The van der Waals surface area contributed by atoms with Crippen LogP contribution in [-0.4, -0.2) is 6.61 Å². The van der Waals surface area contributed by atoms with Gasteiger partial charge in [-0.05, 0) is 24.0 Å². The quantitative estimate of drug-likeness (QED) is 0.626. The van der Waals surface area contributed by atoms with Crippen molar-refractivity contribution in [3.63, 3.8) is 0 Å². The lowest BCUT2D eigenvalue weighted by Crippen LogP contribution is -2.15. The first-order valence-corrected chi connectivity index (χ1v) is 4.72. The Bertz CT molecular complexity index is 304. The fraction of sp³-hybridized carbons (Fsp3) is 0.333. The number of hydrogen-bond donors (Lipinski definition) is 0. The van der Waals surface area contributed by atoms with Crippen molar-refractivity contribution in [2.75, 3.05) is 6.61 Å². The van der Waals surface area contributed by atoms with E-state index in [9.17, 15) is 0 Å². The largest absolute Gasteiger partial charge is 0.373 e. The summed E-state index contributed by atoms with van der Waals surface area (Å²) in [6, 6.07) is 8.51. The summed E-state index contributed by atoms with van der Waals surface area (Å²) < 4.78 is 5.67. The molecule has 0 saturated heterocycles. The van der Waals surface area contributed by atoms with E-state index in [1.54, 1.807) is 0 Å². The van der Waals surface area contributed by atoms with E-state index in [-0.39, 0.29) is 6.10 Å². The number of benzene rings is 1. The van der Waals surface area contributed by atoms with Crippen LogP contribution in [-0.2, 0) is 11.2 Å². The highest BCUT2D eigenvalue weighted by atomic mass is 16.5.